The summed E-state index contributed by atoms with van der Waals surface area (Å²) in [4.78, 5) is 3.23. The Hall–Kier alpha value is -2.53. The summed E-state index contributed by atoms with van der Waals surface area (Å²) in [5, 5.41) is 10.0. The lowest BCUT2D eigenvalue weighted by atomic mass is 10.0. The molecule has 1 aromatic heterocycles. The molecule has 2 heteroatoms. The van der Waals surface area contributed by atoms with Gasteiger partial charge in [-0.15, -0.1) is 0 Å². The van der Waals surface area contributed by atoms with E-state index in [1.165, 1.54) is 0 Å². The first-order chi connectivity index (χ1) is 8.38. The second-order valence-electron chi connectivity index (χ2n) is 3.94. The van der Waals surface area contributed by atoms with Gasteiger partial charge in [0.1, 0.15) is 0 Å². The van der Waals surface area contributed by atoms with Gasteiger partial charge < -0.3 is 4.98 Å². The number of nitrogens with zero attached hydrogens (tertiary/aromatic N) is 1. The summed E-state index contributed by atoms with van der Waals surface area (Å²) in [6.07, 6.45) is 1.99. The van der Waals surface area contributed by atoms with Crippen molar-refractivity contribution in [3.05, 3.63) is 60.3 Å². The molecule has 2 nitrogen and oxygen atoms in total. The first-order valence-corrected chi connectivity index (χ1v) is 5.45. The Kier molecular flexibility index (Phi) is 2.16. The van der Waals surface area contributed by atoms with Gasteiger partial charge in [-0.3, -0.25) is 0 Å². The van der Waals surface area contributed by atoms with Crippen molar-refractivity contribution in [3.8, 4) is 17.2 Å². The van der Waals surface area contributed by atoms with Crippen molar-refractivity contribution in [2.45, 2.75) is 0 Å². The van der Waals surface area contributed by atoms with Crippen molar-refractivity contribution in [2.75, 3.05) is 0 Å². The number of nitrogens with one attached hydrogen (secondary N) is 1. The Balaban J connectivity index is 2.28. The summed E-state index contributed by atoms with van der Waals surface area (Å²) in [6.45, 7) is 0. The molecule has 1 heterocycles. The van der Waals surface area contributed by atoms with Crippen LogP contribution in [0.5, 0.6) is 0 Å². The molecule has 0 aliphatic heterocycles. The summed E-state index contributed by atoms with van der Waals surface area (Å²) in [7, 11) is 0. The Labute approximate surface area is 99.1 Å². The van der Waals surface area contributed by atoms with Crippen molar-refractivity contribution >= 4 is 10.9 Å². The van der Waals surface area contributed by atoms with Gasteiger partial charge in [0.15, 0.2) is 0 Å². The summed E-state index contributed by atoms with van der Waals surface area (Å²) in [5.74, 6) is 0. The highest BCUT2D eigenvalue weighted by Gasteiger charge is 2.06. The molecule has 0 spiro atoms. The van der Waals surface area contributed by atoms with Gasteiger partial charge in [0.2, 0.25) is 0 Å². The molecule has 2 aromatic carbocycles. The van der Waals surface area contributed by atoms with E-state index in [0.717, 1.165) is 22.0 Å². The van der Waals surface area contributed by atoms with Gasteiger partial charge in [-0.05, 0) is 23.8 Å². The van der Waals surface area contributed by atoms with Crippen LogP contribution in [0.3, 0.4) is 0 Å². The molecule has 0 radical (unpaired) electrons. The number of rotatable bonds is 1. The minimum absolute atomic E-state index is 0.689. The fourth-order valence-corrected chi connectivity index (χ4v) is 2.05. The van der Waals surface area contributed by atoms with Crippen LogP contribution in [0.2, 0.25) is 0 Å². The van der Waals surface area contributed by atoms with Gasteiger partial charge in [-0.1, -0.05) is 30.3 Å². The van der Waals surface area contributed by atoms with E-state index in [9.17, 15) is 0 Å². The Morgan fingerprint density at radius 2 is 1.82 bits per heavy atom. The number of nitriles is 1. The number of aromatic nitrogens is 1. The predicted octanol–water partition coefficient (Wildman–Crippen LogP) is 3.71. The SMILES string of the molecule is N#Cc1ccc2[nH]cc(-c3ccccc3)c2c1. The number of benzene rings is 2. The van der Waals surface area contributed by atoms with Crippen LogP contribution in [0.4, 0.5) is 0 Å². The Morgan fingerprint density at radius 3 is 2.59 bits per heavy atom. The molecule has 0 amide bonds. The van der Waals surface area contributed by atoms with Crippen LogP contribution in [0.1, 0.15) is 5.56 Å². The maximum Gasteiger partial charge on any atom is 0.0991 e. The molecule has 1 N–H and O–H groups in total. The standard InChI is InChI=1S/C15H10N2/c16-9-11-6-7-15-13(8-11)14(10-17-15)12-4-2-1-3-5-12/h1-8,10,17H. The number of aromatic amines is 1. The van der Waals surface area contributed by atoms with Crippen LogP contribution in [0.25, 0.3) is 22.0 Å². The summed E-state index contributed by atoms with van der Waals surface area (Å²) >= 11 is 0. The van der Waals surface area contributed by atoms with Crippen molar-refractivity contribution in [3.63, 3.8) is 0 Å². The highest BCUT2D eigenvalue weighted by Crippen LogP contribution is 2.28. The maximum absolute atomic E-state index is 8.94. The van der Waals surface area contributed by atoms with Gasteiger partial charge in [-0.2, -0.15) is 5.26 Å². The third-order valence-corrected chi connectivity index (χ3v) is 2.90. The van der Waals surface area contributed by atoms with Crippen molar-refractivity contribution in [1.82, 2.24) is 4.98 Å². The molecule has 0 bridgehead atoms. The van der Waals surface area contributed by atoms with E-state index in [1.54, 1.807) is 0 Å². The van der Waals surface area contributed by atoms with Gasteiger partial charge in [-0.25, -0.2) is 0 Å². The van der Waals surface area contributed by atoms with E-state index in [-0.39, 0.29) is 0 Å². The Morgan fingerprint density at radius 1 is 1.00 bits per heavy atom. The average Bonchev–Trinajstić information content (AvgIpc) is 2.82. The molecule has 17 heavy (non-hydrogen) atoms. The van der Waals surface area contributed by atoms with Crippen LogP contribution in [0.15, 0.2) is 54.7 Å². The summed E-state index contributed by atoms with van der Waals surface area (Å²) in [6, 6.07) is 18.0. The molecule has 3 aromatic rings. The fourth-order valence-electron chi connectivity index (χ4n) is 2.05. The fraction of sp³-hybridized carbons (Fsp3) is 0. The van der Waals surface area contributed by atoms with Crippen LogP contribution < -0.4 is 0 Å². The molecule has 3 rings (SSSR count). The van der Waals surface area contributed by atoms with Gasteiger partial charge in [0.25, 0.3) is 0 Å². The lowest BCUT2D eigenvalue weighted by Crippen LogP contribution is -1.76. The Bertz CT molecular complexity index is 703. The molecule has 0 atom stereocenters. The summed E-state index contributed by atoms with van der Waals surface area (Å²) < 4.78 is 0. The smallest absolute Gasteiger partial charge is 0.0991 e. The van der Waals surface area contributed by atoms with E-state index in [1.807, 2.05) is 42.6 Å². The quantitative estimate of drug-likeness (QED) is 0.664. The maximum atomic E-state index is 8.94. The largest absolute Gasteiger partial charge is 0.361 e. The number of H-pyrrole nitrogens is 1. The van der Waals surface area contributed by atoms with Crippen LogP contribution in [-0.2, 0) is 0 Å². The molecule has 0 saturated carbocycles. The van der Waals surface area contributed by atoms with Crippen LogP contribution in [0, 0.1) is 11.3 Å². The third-order valence-electron chi connectivity index (χ3n) is 2.90. The topological polar surface area (TPSA) is 39.6 Å². The first-order valence-electron chi connectivity index (χ1n) is 5.45. The van der Waals surface area contributed by atoms with Crippen LogP contribution in [-0.4, -0.2) is 4.98 Å². The van der Waals surface area contributed by atoms with Crippen molar-refractivity contribution in [2.24, 2.45) is 0 Å². The molecular formula is C15H10N2. The van der Waals surface area contributed by atoms with E-state index < -0.39 is 0 Å². The van der Waals surface area contributed by atoms with Gasteiger partial charge in [0.05, 0.1) is 11.6 Å². The predicted molar refractivity (Wildman–Crippen MR) is 68.4 cm³/mol. The zero-order chi connectivity index (χ0) is 11.7. The second kappa shape index (κ2) is 3.80. The number of hydrogen-bond acceptors (Lipinski definition) is 1. The van der Waals surface area contributed by atoms with Crippen molar-refractivity contribution in [1.29, 1.82) is 5.26 Å². The van der Waals surface area contributed by atoms with Gasteiger partial charge in [0, 0.05) is 22.7 Å². The minimum atomic E-state index is 0.689. The first kappa shape index (κ1) is 9.68. The van der Waals surface area contributed by atoms with E-state index in [4.69, 9.17) is 5.26 Å². The lowest BCUT2D eigenvalue weighted by molar-refractivity contribution is 1.46. The minimum Gasteiger partial charge on any atom is -0.361 e. The highest BCUT2D eigenvalue weighted by molar-refractivity contribution is 5.96. The van der Waals surface area contributed by atoms with E-state index >= 15 is 0 Å². The van der Waals surface area contributed by atoms with E-state index in [2.05, 4.69) is 23.2 Å². The molecule has 0 fully saturated rings. The zero-order valence-corrected chi connectivity index (χ0v) is 9.14. The summed E-state index contributed by atoms with van der Waals surface area (Å²) in [5.41, 5.74) is 4.05. The second-order valence-corrected chi connectivity index (χ2v) is 3.94. The number of fused-ring (bicyclic) bond motifs is 1. The molecular weight excluding hydrogens is 208 g/mol. The molecule has 0 saturated heterocycles. The normalized spacial score (nSPS) is 10.3. The molecule has 0 aliphatic rings. The van der Waals surface area contributed by atoms with E-state index in [0.29, 0.717) is 5.56 Å². The molecule has 80 valence electrons. The molecule has 0 aliphatic carbocycles. The number of hydrogen-bond donors (Lipinski definition) is 1. The lowest BCUT2D eigenvalue weighted by Gasteiger charge is -1.99. The van der Waals surface area contributed by atoms with Crippen LogP contribution >= 0.6 is 0 Å². The molecule has 0 unspecified atom stereocenters. The highest BCUT2D eigenvalue weighted by atomic mass is 14.7. The average molecular weight is 218 g/mol. The van der Waals surface area contributed by atoms with Gasteiger partial charge >= 0.3 is 0 Å². The third kappa shape index (κ3) is 1.58. The monoisotopic (exact) mass is 218 g/mol. The van der Waals surface area contributed by atoms with Crippen molar-refractivity contribution < 1.29 is 0 Å². The zero-order valence-electron chi connectivity index (χ0n) is 9.14.